The number of hydrogen-bond donors (Lipinski definition) is 0. The van der Waals surface area contributed by atoms with E-state index in [1.807, 2.05) is 0 Å². The highest BCUT2D eigenvalue weighted by atomic mass is 19.4. The van der Waals surface area contributed by atoms with Crippen molar-refractivity contribution in [1.29, 1.82) is 0 Å². The lowest BCUT2D eigenvalue weighted by Gasteiger charge is -2.05. The fourth-order valence-electron chi connectivity index (χ4n) is 1.85. The van der Waals surface area contributed by atoms with Gasteiger partial charge in [-0.3, -0.25) is 4.79 Å². The number of hydrogen-bond acceptors (Lipinski definition) is 1. The standard InChI is InChI=1S/C19H11F3O/c1-2-5-18(23)17-7-4-3-6-15(17)11-8-14-9-12-16(13-10-14)19(20,21)22/h3-4,6-7,9-10,12-13H,1H3. The van der Waals surface area contributed by atoms with E-state index in [1.165, 1.54) is 12.1 Å². The zero-order valence-electron chi connectivity index (χ0n) is 12.2. The van der Waals surface area contributed by atoms with Gasteiger partial charge in [-0.25, -0.2) is 0 Å². The summed E-state index contributed by atoms with van der Waals surface area (Å²) >= 11 is 0. The third-order valence-electron chi connectivity index (χ3n) is 2.96. The summed E-state index contributed by atoms with van der Waals surface area (Å²) in [6.07, 6.45) is -4.37. The Balaban J connectivity index is 2.32. The van der Waals surface area contributed by atoms with Crippen LogP contribution in [0.1, 0.15) is 34.0 Å². The molecule has 0 aliphatic heterocycles. The SMILES string of the molecule is CC#CC(=O)c1ccccc1C#Cc1ccc(C(F)(F)F)cc1. The summed E-state index contributed by atoms with van der Waals surface area (Å²) in [4.78, 5) is 11.9. The van der Waals surface area contributed by atoms with Crippen molar-refractivity contribution in [3.8, 4) is 23.7 Å². The van der Waals surface area contributed by atoms with Crippen LogP contribution in [0.3, 0.4) is 0 Å². The molecule has 0 radical (unpaired) electrons. The van der Waals surface area contributed by atoms with E-state index in [4.69, 9.17) is 0 Å². The van der Waals surface area contributed by atoms with Crippen molar-refractivity contribution in [3.63, 3.8) is 0 Å². The van der Waals surface area contributed by atoms with Crippen LogP contribution in [0, 0.1) is 23.7 Å². The largest absolute Gasteiger partial charge is 0.416 e. The second kappa shape index (κ2) is 6.85. The van der Waals surface area contributed by atoms with Gasteiger partial charge in [0.1, 0.15) is 0 Å². The van der Waals surface area contributed by atoms with E-state index in [0.717, 1.165) is 12.1 Å². The molecule has 0 N–H and O–H groups in total. The van der Waals surface area contributed by atoms with E-state index in [1.54, 1.807) is 31.2 Å². The van der Waals surface area contributed by atoms with E-state index >= 15 is 0 Å². The third-order valence-corrected chi connectivity index (χ3v) is 2.96. The number of carbonyl (C=O) groups excluding carboxylic acids is 1. The Morgan fingerprint density at radius 2 is 1.61 bits per heavy atom. The molecule has 1 nitrogen and oxygen atoms in total. The molecule has 0 spiro atoms. The number of halogens is 3. The van der Waals surface area contributed by atoms with Gasteiger partial charge in [0.15, 0.2) is 0 Å². The molecule has 0 aromatic heterocycles. The number of ketones is 1. The van der Waals surface area contributed by atoms with Gasteiger partial charge in [0, 0.05) is 16.7 Å². The van der Waals surface area contributed by atoms with Crippen molar-refractivity contribution in [2.75, 3.05) is 0 Å². The van der Waals surface area contributed by atoms with Crippen molar-refractivity contribution in [2.45, 2.75) is 13.1 Å². The van der Waals surface area contributed by atoms with E-state index < -0.39 is 11.7 Å². The monoisotopic (exact) mass is 312 g/mol. The minimum absolute atomic E-state index is 0.343. The molecule has 2 aromatic carbocycles. The summed E-state index contributed by atoms with van der Waals surface area (Å²) in [6, 6.07) is 11.3. The zero-order chi connectivity index (χ0) is 16.9. The highest BCUT2D eigenvalue weighted by Crippen LogP contribution is 2.28. The summed E-state index contributed by atoms with van der Waals surface area (Å²) in [5.41, 5.74) is 0.570. The average Bonchev–Trinajstić information content (AvgIpc) is 2.53. The quantitative estimate of drug-likeness (QED) is 0.436. The highest BCUT2D eigenvalue weighted by Gasteiger charge is 2.29. The van der Waals surface area contributed by atoms with E-state index in [-0.39, 0.29) is 5.78 Å². The zero-order valence-corrected chi connectivity index (χ0v) is 12.2. The number of carbonyl (C=O) groups is 1. The second-order valence-corrected chi connectivity index (χ2v) is 4.57. The Bertz CT molecular complexity index is 838. The van der Waals surface area contributed by atoms with Crippen molar-refractivity contribution in [3.05, 3.63) is 70.8 Å². The molecule has 0 heterocycles. The first-order chi connectivity index (χ1) is 10.9. The van der Waals surface area contributed by atoms with Gasteiger partial charge in [0.05, 0.1) is 5.56 Å². The van der Waals surface area contributed by atoms with Crippen LogP contribution in [-0.4, -0.2) is 5.78 Å². The van der Waals surface area contributed by atoms with Crippen LogP contribution >= 0.6 is 0 Å². The first-order valence-electron chi connectivity index (χ1n) is 6.67. The summed E-state index contributed by atoms with van der Waals surface area (Å²) in [5, 5.41) is 0. The minimum Gasteiger partial charge on any atom is -0.279 e. The second-order valence-electron chi connectivity index (χ2n) is 4.57. The van der Waals surface area contributed by atoms with Gasteiger partial charge in [0.2, 0.25) is 5.78 Å². The van der Waals surface area contributed by atoms with Crippen LogP contribution in [0.5, 0.6) is 0 Å². The molecule has 23 heavy (non-hydrogen) atoms. The van der Waals surface area contributed by atoms with Crippen LogP contribution in [0.15, 0.2) is 48.5 Å². The molecule has 2 aromatic rings. The summed E-state index contributed by atoms with van der Waals surface area (Å²) < 4.78 is 37.5. The van der Waals surface area contributed by atoms with Gasteiger partial charge in [-0.1, -0.05) is 29.9 Å². The molecule has 0 aliphatic rings. The van der Waals surface area contributed by atoms with Crippen LogP contribution < -0.4 is 0 Å². The fraction of sp³-hybridized carbons (Fsp3) is 0.105. The molecular weight excluding hydrogens is 301 g/mol. The van der Waals surface area contributed by atoms with Crippen LogP contribution in [0.4, 0.5) is 13.2 Å². The molecule has 0 fully saturated rings. The Morgan fingerprint density at radius 1 is 0.957 bits per heavy atom. The highest BCUT2D eigenvalue weighted by molar-refractivity contribution is 6.10. The van der Waals surface area contributed by atoms with Gasteiger partial charge in [0.25, 0.3) is 0 Å². The molecular formula is C19H11F3O. The summed E-state index contributed by atoms with van der Waals surface area (Å²) in [6.45, 7) is 1.56. The van der Waals surface area contributed by atoms with E-state index in [2.05, 4.69) is 23.7 Å². The molecule has 2 rings (SSSR count). The molecule has 0 bridgehead atoms. The first-order valence-corrected chi connectivity index (χ1v) is 6.67. The molecule has 0 amide bonds. The Hall–Kier alpha value is -2.98. The Kier molecular flexibility index (Phi) is 4.88. The van der Waals surface area contributed by atoms with Gasteiger partial charge in [-0.15, -0.1) is 0 Å². The number of benzene rings is 2. The van der Waals surface area contributed by atoms with E-state index in [9.17, 15) is 18.0 Å². The maximum atomic E-state index is 12.5. The Labute approximate surface area is 132 Å². The van der Waals surface area contributed by atoms with Gasteiger partial charge in [-0.05, 0) is 49.2 Å². The molecule has 0 unspecified atom stereocenters. The molecule has 4 heteroatoms. The molecule has 0 atom stereocenters. The van der Waals surface area contributed by atoms with Gasteiger partial charge >= 0.3 is 6.18 Å². The first kappa shape index (κ1) is 16.4. The maximum absolute atomic E-state index is 12.5. The average molecular weight is 312 g/mol. The number of Topliss-reactive ketones (excluding diaryl/α,β-unsaturated/α-hetero) is 1. The predicted octanol–water partition coefficient (Wildman–Crippen LogP) is 4.31. The van der Waals surface area contributed by atoms with Crippen molar-refractivity contribution in [2.24, 2.45) is 0 Å². The number of alkyl halides is 3. The summed E-state index contributed by atoms with van der Waals surface area (Å²) in [7, 11) is 0. The molecule has 0 saturated carbocycles. The van der Waals surface area contributed by atoms with Gasteiger partial charge < -0.3 is 0 Å². The topological polar surface area (TPSA) is 17.1 Å². The van der Waals surface area contributed by atoms with Crippen LogP contribution in [-0.2, 0) is 6.18 Å². The fourth-order valence-corrected chi connectivity index (χ4v) is 1.85. The van der Waals surface area contributed by atoms with E-state index in [0.29, 0.717) is 16.7 Å². The number of rotatable bonds is 1. The minimum atomic E-state index is -4.37. The lowest BCUT2D eigenvalue weighted by Crippen LogP contribution is -2.04. The summed E-state index contributed by atoms with van der Waals surface area (Å²) in [5.74, 6) is 10.2. The normalized spacial score (nSPS) is 10.1. The van der Waals surface area contributed by atoms with Crippen molar-refractivity contribution < 1.29 is 18.0 Å². The van der Waals surface area contributed by atoms with Crippen LogP contribution in [0.2, 0.25) is 0 Å². The predicted molar refractivity (Wildman–Crippen MR) is 81.6 cm³/mol. The van der Waals surface area contributed by atoms with Crippen molar-refractivity contribution >= 4 is 5.78 Å². The molecule has 0 saturated heterocycles. The van der Waals surface area contributed by atoms with Crippen LogP contribution in [0.25, 0.3) is 0 Å². The smallest absolute Gasteiger partial charge is 0.279 e. The maximum Gasteiger partial charge on any atom is 0.416 e. The van der Waals surface area contributed by atoms with Crippen molar-refractivity contribution in [1.82, 2.24) is 0 Å². The lowest BCUT2D eigenvalue weighted by atomic mass is 10.0. The lowest BCUT2D eigenvalue weighted by molar-refractivity contribution is -0.137. The molecule has 0 aliphatic carbocycles. The Morgan fingerprint density at radius 3 is 2.22 bits per heavy atom. The molecule has 114 valence electrons. The van der Waals surface area contributed by atoms with Gasteiger partial charge in [-0.2, -0.15) is 13.2 Å². The third kappa shape index (κ3) is 4.25.